The van der Waals surface area contributed by atoms with E-state index in [1.807, 2.05) is 43.3 Å². The maximum absolute atomic E-state index is 11.9. The Balaban J connectivity index is 1.84. The minimum Gasteiger partial charge on any atom is -0.480 e. The molecule has 9 nitrogen and oxygen atoms in total. The number of imidazole rings is 1. The van der Waals surface area contributed by atoms with Gasteiger partial charge in [-0.2, -0.15) is 0 Å². The number of urea groups is 1. The molecule has 4 aromatic rings. The minimum atomic E-state index is -0.327. The van der Waals surface area contributed by atoms with Crippen molar-refractivity contribution < 1.29 is 9.53 Å². The van der Waals surface area contributed by atoms with Crippen molar-refractivity contribution in [2.75, 3.05) is 19.0 Å². The Hall–Kier alpha value is -4.01. The molecule has 0 aliphatic rings. The lowest BCUT2D eigenvalue weighted by Gasteiger charge is -2.07. The Kier molecular flexibility index (Phi) is 5.02. The number of aromatic amines is 1. The predicted octanol–water partition coefficient (Wildman–Crippen LogP) is 3.23. The summed E-state index contributed by atoms with van der Waals surface area (Å²) in [4.78, 5) is 24.0. The number of pyridine rings is 1. The summed E-state index contributed by atoms with van der Waals surface area (Å²) in [6.07, 6.45) is 1.73. The van der Waals surface area contributed by atoms with Crippen LogP contribution in [0, 0.1) is 0 Å². The first-order valence-electron chi connectivity index (χ1n) is 9.06. The highest BCUT2D eigenvalue weighted by Gasteiger charge is 2.15. The smallest absolute Gasteiger partial charge is 0.321 e. The Morgan fingerprint density at radius 3 is 2.72 bits per heavy atom. The highest BCUT2D eigenvalue weighted by atomic mass is 16.5. The van der Waals surface area contributed by atoms with Gasteiger partial charge in [-0.05, 0) is 37.3 Å². The van der Waals surface area contributed by atoms with E-state index in [0.717, 1.165) is 22.3 Å². The number of benzene rings is 1. The zero-order chi connectivity index (χ0) is 20.2. The van der Waals surface area contributed by atoms with Gasteiger partial charge < -0.3 is 15.0 Å². The molecule has 0 unspecified atom stereocenters. The van der Waals surface area contributed by atoms with Gasteiger partial charge in [-0.3, -0.25) is 10.3 Å². The Morgan fingerprint density at radius 1 is 1.14 bits per heavy atom. The van der Waals surface area contributed by atoms with Crippen LogP contribution < -0.4 is 15.4 Å². The van der Waals surface area contributed by atoms with Crippen LogP contribution in [-0.2, 0) is 0 Å². The molecule has 9 heteroatoms. The van der Waals surface area contributed by atoms with Gasteiger partial charge in [-0.25, -0.2) is 9.78 Å². The van der Waals surface area contributed by atoms with Crippen LogP contribution in [0.2, 0.25) is 0 Å². The van der Waals surface area contributed by atoms with Gasteiger partial charge in [0, 0.05) is 29.9 Å². The number of hydrogen-bond acceptors (Lipinski definition) is 6. The number of H-pyrrole nitrogens is 1. The molecule has 0 fully saturated rings. The Morgan fingerprint density at radius 2 is 2.03 bits per heavy atom. The zero-order valence-electron chi connectivity index (χ0n) is 15.9. The number of carbonyl (C=O) groups excluding carboxylic acids is 1. The predicted molar refractivity (Wildman–Crippen MR) is 110 cm³/mol. The van der Waals surface area contributed by atoms with Crippen molar-refractivity contribution in [2.24, 2.45) is 0 Å². The van der Waals surface area contributed by atoms with Gasteiger partial charge in [-0.15, -0.1) is 10.2 Å². The molecule has 146 valence electrons. The fourth-order valence-corrected chi connectivity index (χ4v) is 2.94. The zero-order valence-corrected chi connectivity index (χ0v) is 15.9. The molecular formula is C20H19N7O2. The molecule has 0 radical (unpaired) electrons. The maximum atomic E-state index is 11.9. The van der Waals surface area contributed by atoms with E-state index in [-0.39, 0.29) is 6.03 Å². The summed E-state index contributed by atoms with van der Waals surface area (Å²) < 4.78 is 5.08. The van der Waals surface area contributed by atoms with E-state index in [9.17, 15) is 4.79 Å². The molecule has 0 saturated heterocycles. The van der Waals surface area contributed by atoms with Crippen LogP contribution in [0.1, 0.15) is 6.92 Å². The lowest BCUT2D eigenvalue weighted by Crippen LogP contribution is -2.28. The number of aromatic nitrogens is 5. The van der Waals surface area contributed by atoms with Gasteiger partial charge in [0.2, 0.25) is 11.8 Å². The number of nitrogens with one attached hydrogen (secondary N) is 3. The van der Waals surface area contributed by atoms with E-state index < -0.39 is 0 Å². The number of rotatable bonds is 5. The largest absolute Gasteiger partial charge is 0.480 e. The van der Waals surface area contributed by atoms with Crippen LogP contribution in [0.3, 0.4) is 0 Å². The summed E-state index contributed by atoms with van der Waals surface area (Å²) in [5.74, 6) is 0.786. The summed E-state index contributed by atoms with van der Waals surface area (Å²) in [6, 6.07) is 12.8. The van der Waals surface area contributed by atoms with Gasteiger partial charge in [0.25, 0.3) is 0 Å². The van der Waals surface area contributed by atoms with Crippen molar-refractivity contribution in [3.8, 4) is 28.4 Å². The van der Waals surface area contributed by atoms with E-state index in [2.05, 4.69) is 35.8 Å². The van der Waals surface area contributed by atoms with Crippen molar-refractivity contribution in [3.05, 3.63) is 48.7 Å². The second kappa shape index (κ2) is 7.93. The normalized spacial score (nSPS) is 10.7. The van der Waals surface area contributed by atoms with Crippen LogP contribution in [0.5, 0.6) is 5.88 Å². The fraction of sp³-hybridized carbons (Fsp3) is 0.150. The first-order valence-corrected chi connectivity index (χ1v) is 9.06. The summed E-state index contributed by atoms with van der Waals surface area (Å²) in [5, 5.41) is 13.7. The summed E-state index contributed by atoms with van der Waals surface area (Å²) >= 11 is 0. The second-order valence-electron chi connectivity index (χ2n) is 6.16. The highest BCUT2D eigenvalue weighted by molar-refractivity contribution is 5.97. The number of ether oxygens (including phenoxy) is 1. The average Bonchev–Trinajstić information content (AvgIpc) is 3.16. The third kappa shape index (κ3) is 3.84. The maximum Gasteiger partial charge on any atom is 0.321 e. The number of anilines is 1. The molecule has 0 saturated carbocycles. The summed E-state index contributed by atoms with van der Waals surface area (Å²) in [5.41, 5.74) is 4.55. The van der Waals surface area contributed by atoms with Gasteiger partial charge in [0.1, 0.15) is 0 Å². The minimum absolute atomic E-state index is 0.327. The highest BCUT2D eigenvalue weighted by Crippen LogP contribution is 2.32. The van der Waals surface area contributed by atoms with E-state index in [4.69, 9.17) is 4.74 Å². The number of amides is 2. The van der Waals surface area contributed by atoms with Crippen molar-refractivity contribution in [2.45, 2.75) is 6.92 Å². The van der Waals surface area contributed by atoms with Crippen molar-refractivity contribution in [1.82, 2.24) is 30.5 Å². The SMILES string of the molecule is CCNC(=O)Nc1nc2cc(-c3ccc(OC)nn3)cc(-c3ccccn3)c2[nH]1. The molecule has 3 aromatic heterocycles. The molecular weight excluding hydrogens is 370 g/mol. The molecule has 0 bridgehead atoms. The van der Waals surface area contributed by atoms with Crippen LogP contribution in [0.15, 0.2) is 48.7 Å². The number of nitrogens with zero attached hydrogens (tertiary/aromatic N) is 4. The monoisotopic (exact) mass is 389 g/mol. The fourth-order valence-electron chi connectivity index (χ4n) is 2.94. The molecule has 1 aromatic carbocycles. The lowest BCUT2D eigenvalue weighted by atomic mass is 10.0. The summed E-state index contributed by atoms with van der Waals surface area (Å²) in [6.45, 7) is 2.37. The molecule has 29 heavy (non-hydrogen) atoms. The van der Waals surface area contributed by atoms with Gasteiger partial charge >= 0.3 is 6.03 Å². The van der Waals surface area contributed by atoms with E-state index >= 15 is 0 Å². The standard InChI is InChI=1S/C20H19N7O2/c1-3-21-20(28)25-19-23-16-11-12(14-7-8-17(29-2)27-26-14)10-13(18(16)24-19)15-6-4-5-9-22-15/h4-11H,3H2,1-2H3,(H3,21,23,24,25,28). The first kappa shape index (κ1) is 18.4. The lowest BCUT2D eigenvalue weighted by molar-refractivity contribution is 0.252. The number of methoxy groups -OCH3 is 1. The average molecular weight is 389 g/mol. The molecule has 0 aliphatic heterocycles. The third-order valence-corrected chi connectivity index (χ3v) is 4.25. The van der Waals surface area contributed by atoms with E-state index in [1.54, 1.807) is 19.4 Å². The number of carbonyl (C=O) groups is 1. The van der Waals surface area contributed by atoms with E-state index in [0.29, 0.717) is 29.6 Å². The third-order valence-electron chi connectivity index (χ3n) is 4.25. The van der Waals surface area contributed by atoms with Crippen LogP contribution in [-0.4, -0.2) is 44.8 Å². The molecule has 0 atom stereocenters. The van der Waals surface area contributed by atoms with Crippen LogP contribution >= 0.6 is 0 Å². The van der Waals surface area contributed by atoms with Crippen molar-refractivity contribution in [3.63, 3.8) is 0 Å². The molecule has 3 heterocycles. The van der Waals surface area contributed by atoms with Gasteiger partial charge in [-0.1, -0.05) is 6.07 Å². The molecule has 4 rings (SSSR count). The topological polar surface area (TPSA) is 118 Å². The first-order chi connectivity index (χ1) is 14.2. The Labute approximate surface area is 166 Å². The van der Waals surface area contributed by atoms with Crippen LogP contribution in [0.4, 0.5) is 10.7 Å². The quantitative estimate of drug-likeness (QED) is 0.482. The molecule has 0 spiro atoms. The second-order valence-corrected chi connectivity index (χ2v) is 6.16. The Bertz CT molecular complexity index is 1140. The molecule has 3 N–H and O–H groups in total. The van der Waals surface area contributed by atoms with Crippen molar-refractivity contribution in [1.29, 1.82) is 0 Å². The van der Waals surface area contributed by atoms with Gasteiger partial charge in [0.15, 0.2) is 0 Å². The van der Waals surface area contributed by atoms with Gasteiger partial charge in [0.05, 0.1) is 29.5 Å². The van der Waals surface area contributed by atoms with Crippen molar-refractivity contribution >= 4 is 23.0 Å². The van der Waals surface area contributed by atoms with E-state index in [1.165, 1.54) is 0 Å². The molecule has 2 amide bonds. The molecule has 0 aliphatic carbocycles. The summed E-state index contributed by atoms with van der Waals surface area (Å²) in [7, 11) is 1.54. The number of hydrogen-bond donors (Lipinski definition) is 3. The number of fused-ring (bicyclic) bond motifs is 1. The van der Waals surface area contributed by atoms with Crippen LogP contribution in [0.25, 0.3) is 33.5 Å².